The lowest BCUT2D eigenvalue weighted by Gasteiger charge is -2.27. The second-order valence-corrected chi connectivity index (χ2v) is 5.09. The van der Waals surface area contributed by atoms with Crippen molar-refractivity contribution < 1.29 is 9.18 Å². The van der Waals surface area contributed by atoms with E-state index in [2.05, 4.69) is 10.2 Å². The fraction of sp³-hybridized carbons (Fsp3) is 0.267. The Hall–Kier alpha value is -2.50. The average Bonchev–Trinajstić information content (AvgIpc) is 2.88. The number of hydrazone groups is 1. The van der Waals surface area contributed by atoms with Gasteiger partial charge in [-0.1, -0.05) is 25.1 Å². The van der Waals surface area contributed by atoms with Gasteiger partial charge in [0.1, 0.15) is 5.82 Å². The number of halogens is 1. The summed E-state index contributed by atoms with van der Waals surface area (Å²) in [7, 11) is 1.74. The van der Waals surface area contributed by atoms with Crippen LogP contribution < -0.4 is 5.01 Å². The first kappa shape index (κ1) is 13.5. The van der Waals surface area contributed by atoms with E-state index in [1.165, 1.54) is 11.1 Å². The first-order chi connectivity index (χ1) is 10.1. The molecule has 1 atom stereocenters. The number of carbonyl (C=O) groups excluding carboxylic acids is 1. The number of benzene rings is 1. The minimum atomic E-state index is -0.331. The molecule has 1 aromatic heterocycles. The van der Waals surface area contributed by atoms with E-state index in [0.29, 0.717) is 23.5 Å². The minimum absolute atomic E-state index is 0.112. The van der Waals surface area contributed by atoms with Crippen molar-refractivity contribution in [3.05, 3.63) is 47.9 Å². The zero-order chi connectivity index (χ0) is 15.0. The first-order valence-corrected chi connectivity index (χ1v) is 6.72. The van der Waals surface area contributed by atoms with E-state index < -0.39 is 0 Å². The summed E-state index contributed by atoms with van der Waals surface area (Å²) in [5.74, 6) is -0.131. The summed E-state index contributed by atoms with van der Waals surface area (Å²) in [6.07, 6.45) is 2.02. The predicted octanol–water partition coefficient (Wildman–Crippen LogP) is 2.34. The van der Waals surface area contributed by atoms with Gasteiger partial charge in [-0.25, -0.2) is 4.39 Å². The third-order valence-corrected chi connectivity index (χ3v) is 3.55. The molecular formula is C15H15FN4O. The molecule has 21 heavy (non-hydrogen) atoms. The van der Waals surface area contributed by atoms with Crippen LogP contribution in [0, 0.1) is 11.7 Å². The number of hydrogen-bond acceptors (Lipinski definition) is 3. The van der Waals surface area contributed by atoms with Crippen LogP contribution in [0.3, 0.4) is 0 Å². The molecule has 0 aliphatic carbocycles. The summed E-state index contributed by atoms with van der Waals surface area (Å²) in [6, 6.07) is 8.18. The third kappa shape index (κ3) is 2.33. The zero-order valence-electron chi connectivity index (χ0n) is 11.8. The van der Waals surface area contributed by atoms with Crippen LogP contribution in [-0.4, -0.2) is 21.4 Å². The standard InChI is InChI=1S/C15H15FN4O/c1-10-9-13(11-5-3-4-6-12(11)16)18-20(15(10)21)14-7-8-17-19(14)2/h3-8,10H,9H2,1-2H3. The Bertz CT molecular complexity index is 722. The van der Waals surface area contributed by atoms with E-state index in [4.69, 9.17) is 0 Å². The van der Waals surface area contributed by atoms with Crippen LogP contribution in [0.15, 0.2) is 41.6 Å². The van der Waals surface area contributed by atoms with Gasteiger partial charge in [-0.2, -0.15) is 15.2 Å². The normalized spacial score (nSPS) is 18.8. The maximum absolute atomic E-state index is 13.9. The van der Waals surface area contributed by atoms with Crippen molar-refractivity contribution in [2.45, 2.75) is 13.3 Å². The Labute approximate surface area is 121 Å². The van der Waals surface area contributed by atoms with Crippen LogP contribution in [0.2, 0.25) is 0 Å². The Morgan fingerprint density at radius 1 is 1.29 bits per heavy atom. The zero-order valence-corrected chi connectivity index (χ0v) is 11.8. The number of aromatic nitrogens is 2. The molecule has 1 amide bonds. The predicted molar refractivity (Wildman–Crippen MR) is 77.4 cm³/mol. The fourth-order valence-corrected chi connectivity index (χ4v) is 2.39. The van der Waals surface area contributed by atoms with E-state index in [0.717, 1.165) is 0 Å². The Balaban J connectivity index is 2.08. The summed E-state index contributed by atoms with van der Waals surface area (Å²) in [5, 5.41) is 9.70. The molecular weight excluding hydrogens is 271 g/mol. The molecule has 0 radical (unpaired) electrons. The van der Waals surface area contributed by atoms with Gasteiger partial charge in [0.2, 0.25) is 0 Å². The monoisotopic (exact) mass is 286 g/mol. The van der Waals surface area contributed by atoms with Crippen molar-refractivity contribution in [3.8, 4) is 0 Å². The summed E-state index contributed by atoms with van der Waals surface area (Å²) in [6.45, 7) is 1.82. The molecule has 0 saturated heterocycles. The van der Waals surface area contributed by atoms with Gasteiger partial charge in [-0.05, 0) is 6.07 Å². The van der Waals surface area contributed by atoms with E-state index in [1.807, 2.05) is 6.92 Å². The number of rotatable bonds is 2. The number of amides is 1. The second kappa shape index (κ2) is 5.12. The average molecular weight is 286 g/mol. The molecule has 0 fully saturated rings. The van der Waals surface area contributed by atoms with E-state index in [9.17, 15) is 9.18 Å². The highest BCUT2D eigenvalue weighted by Gasteiger charge is 2.31. The molecule has 0 bridgehead atoms. The lowest BCUT2D eigenvalue weighted by molar-refractivity contribution is -0.122. The van der Waals surface area contributed by atoms with Crippen molar-refractivity contribution in [2.75, 3.05) is 5.01 Å². The quantitative estimate of drug-likeness (QED) is 0.850. The Morgan fingerprint density at radius 2 is 2.05 bits per heavy atom. The molecule has 2 heterocycles. The molecule has 1 aliphatic rings. The van der Waals surface area contributed by atoms with Gasteiger partial charge in [0, 0.05) is 31.0 Å². The molecule has 0 saturated carbocycles. The second-order valence-electron chi connectivity index (χ2n) is 5.09. The third-order valence-electron chi connectivity index (χ3n) is 3.55. The summed E-state index contributed by atoms with van der Waals surface area (Å²) < 4.78 is 15.5. The van der Waals surface area contributed by atoms with Gasteiger partial charge < -0.3 is 0 Å². The molecule has 0 spiro atoms. The molecule has 5 nitrogen and oxygen atoms in total. The molecule has 0 N–H and O–H groups in total. The van der Waals surface area contributed by atoms with Gasteiger partial charge >= 0.3 is 0 Å². The van der Waals surface area contributed by atoms with Crippen LogP contribution in [0.1, 0.15) is 18.9 Å². The number of aryl methyl sites for hydroxylation is 1. The highest BCUT2D eigenvalue weighted by atomic mass is 19.1. The minimum Gasteiger partial charge on any atom is -0.272 e. The van der Waals surface area contributed by atoms with Crippen LogP contribution in [-0.2, 0) is 11.8 Å². The molecule has 1 aliphatic heterocycles. The maximum atomic E-state index is 13.9. The van der Waals surface area contributed by atoms with Crippen molar-refractivity contribution in [2.24, 2.45) is 18.1 Å². The van der Waals surface area contributed by atoms with Crippen LogP contribution in [0.5, 0.6) is 0 Å². The number of hydrogen-bond donors (Lipinski definition) is 0. The lowest BCUT2D eigenvalue weighted by atomic mass is 9.96. The fourth-order valence-electron chi connectivity index (χ4n) is 2.39. The smallest absolute Gasteiger partial charge is 0.252 e. The summed E-state index contributed by atoms with van der Waals surface area (Å²) >= 11 is 0. The van der Waals surface area contributed by atoms with Crippen LogP contribution in [0.25, 0.3) is 0 Å². The van der Waals surface area contributed by atoms with Gasteiger partial charge in [-0.3, -0.25) is 9.48 Å². The lowest BCUT2D eigenvalue weighted by Crippen LogP contribution is -2.38. The molecule has 1 aromatic carbocycles. The van der Waals surface area contributed by atoms with Gasteiger partial charge in [-0.15, -0.1) is 0 Å². The number of nitrogens with zero attached hydrogens (tertiary/aromatic N) is 4. The van der Waals surface area contributed by atoms with Crippen LogP contribution >= 0.6 is 0 Å². The molecule has 1 unspecified atom stereocenters. The van der Waals surface area contributed by atoms with E-state index in [1.54, 1.807) is 42.2 Å². The number of carbonyl (C=O) groups is 1. The van der Waals surface area contributed by atoms with Gasteiger partial charge in [0.15, 0.2) is 5.82 Å². The molecule has 2 aromatic rings. The molecule has 108 valence electrons. The Morgan fingerprint density at radius 3 is 2.71 bits per heavy atom. The summed E-state index contributed by atoms with van der Waals surface area (Å²) in [4.78, 5) is 12.3. The van der Waals surface area contributed by atoms with Gasteiger partial charge in [0.25, 0.3) is 5.91 Å². The highest BCUT2D eigenvalue weighted by Crippen LogP contribution is 2.25. The topological polar surface area (TPSA) is 50.5 Å². The van der Waals surface area contributed by atoms with E-state index in [-0.39, 0.29) is 17.6 Å². The van der Waals surface area contributed by atoms with Crippen molar-refractivity contribution in [1.82, 2.24) is 9.78 Å². The van der Waals surface area contributed by atoms with Gasteiger partial charge in [0.05, 0.1) is 11.9 Å². The maximum Gasteiger partial charge on any atom is 0.252 e. The SMILES string of the molecule is CC1CC(c2ccccc2F)=NN(c2ccnn2C)C1=O. The molecule has 6 heteroatoms. The summed E-state index contributed by atoms with van der Waals surface area (Å²) in [5.41, 5.74) is 1.01. The first-order valence-electron chi connectivity index (χ1n) is 6.72. The number of anilines is 1. The van der Waals surface area contributed by atoms with E-state index >= 15 is 0 Å². The van der Waals surface area contributed by atoms with Crippen LogP contribution in [0.4, 0.5) is 10.2 Å². The highest BCUT2D eigenvalue weighted by molar-refractivity contribution is 6.09. The molecule has 3 rings (SSSR count). The van der Waals surface area contributed by atoms with Crippen molar-refractivity contribution in [1.29, 1.82) is 0 Å². The largest absolute Gasteiger partial charge is 0.272 e. The van der Waals surface area contributed by atoms with Crippen molar-refractivity contribution >= 4 is 17.4 Å². The van der Waals surface area contributed by atoms with Crippen molar-refractivity contribution in [3.63, 3.8) is 0 Å². The Kier molecular flexibility index (Phi) is 3.29.